The predicted molar refractivity (Wildman–Crippen MR) is 117 cm³/mol. The van der Waals surface area contributed by atoms with Crippen molar-refractivity contribution >= 4 is 22.5 Å². The molecule has 0 bridgehead atoms. The van der Waals surface area contributed by atoms with Gasteiger partial charge in [-0.05, 0) is 42.8 Å². The zero-order valence-corrected chi connectivity index (χ0v) is 17.8. The van der Waals surface area contributed by atoms with Crippen molar-refractivity contribution in [3.05, 3.63) is 85.3 Å². The fraction of sp³-hybridized carbons (Fsp3) is 0.182. The van der Waals surface area contributed by atoms with Gasteiger partial charge in [-0.25, -0.2) is 4.39 Å². The van der Waals surface area contributed by atoms with Crippen molar-refractivity contribution < 1.29 is 13.9 Å². The van der Waals surface area contributed by atoms with E-state index in [2.05, 4.69) is 5.10 Å². The molecular formula is C22H19ClFN3O4. The molecule has 4 aromatic rings. The van der Waals surface area contributed by atoms with Crippen LogP contribution in [0.3, 0.4) is 0 Å². The fourth-order valence-corrected chi connectivity index (χ4v) is 3.87. The highest BCUT2D eigenvalue weighted by atomic mass is 35.5. The van der Waals surface area contributed by atoms with E-state index in [1.165, 1.54) is 27.4 Å². The summed E-state index contributed by atoms with van der Waals surface area (Å²) in [6, 6.07) is 10.5. The maximum absolute atomic E-state index is 13.4. The average Bonchev–Trinajstić information content (AvgIpc) is 3.06. The minimum Gasteiger partial charge on any atom is -0.497 e. The first-order valence-corrected chi connectivity index (χ1v) is 9.72. The molecule has 0 aliphatic carbocycles. The Morgan fingerprint density at radius 1 is 1.03 bits per heavy atom. The molecule has 0 radical (unpaired) electrons. The van der Waals surface area contributed by atoms with Crippen molar-refractivity contribution in [1.82, 2.24) is 14.3 Å². The van der Waals surface area contributed by atoms with Crippen LogP contribution in [-0.4, -0.2) is 28.6 Å². The van der Waals surface area contributed by atoms with Gasteiger partial charge in [-0.3, -0.25) is 19.4 Å². The number of aromatic nitrogens is 3. The highest BCUT2D eigenvalue weighted by Gasteiger charge is 2.17. The molecule has 160 valence electrons. The lowest BCUT2D eigenvalue weighted by atomic mass is 10.1. The number of fused-ring (bicyclic) bond motifs is 1. The van der Waals surface area contributed by atoms with Gasteiger partial charge in [0.05, 0.1) is 42.4 Å². The summed E-state index contributed by atoms with van der Waals surface area (Å²) < 4.78 is 26.9. The van der Waals surface area contributed by atoms with Gasteiger partial charge in [0.15, 0.2) is 0 Å². The molecular weight excluding hydrogens is 425 g/mol. The molecule has 2 aromatic carbocycles. The van der Waals surface area contributed by atoms with Crippen LogP contribution >= 0.6 is 11.6 Å². The molecule has 1 N–H and O–H groups in total. The predicted octanol–water partition coefficient (Wildman–Crippen LogP) is 3.65. The van der Waals surface area contributed by atoms with Gasteiger partial charge in [-0.2, -0.15) is 0 Å². The number of nitrogens with one attached hydrogen (secondary N) is 1. The first-order valence-electron chi connectivity index (χ1n) is 9.35. The molecule has 0 saturated carbocycles. The van der Waals surface area contributed by atoms with Crippen LogP contribution in [-0.2, 0) is 6.54 Å². The van der Waals surface area contributed by atoms with Crippen molar-refractivity contribution in [2.75, 3.05) is 14.2 Å². The standard InChI is InChI=1S/C22H19ClFN3O4/c1-12-21-19(27(25-22(21)29)18-5-4-14(24)8-17(18)23)10-20(28)26(12)11-13-6-15(30-2)9-16(7-13)31-3/h4-10H,11H2,1-3H3,(H,25,29). The number of H-pyrrole nitrogens is 1. The third-order valence-electron chi connectivity index (χ3n) is 5.13. The number of halogens is 2. The number of aryl methyl sites for hydroxylation is 1. The normalized spacial score (nSPS) is 11.1. The Balaban J connectivity index is 1.88. The first kappa shape index (κ1) is 20.7. The monoisotopic (exact) mass is 443 g/mol. The van der Waals surface area contributed by atoms with Gasteiger partial charge in [0, 0.05) is 17.8 Å². The second-order valence-electron chi connectivity index (χ2n) is 7.01. The maximum Gasteiger partial charge on any atom is 0.274 e. The number of pyridine rings is 1. The zero-order valence-electron chi connectivity index (χ0n) is 17.0. The number of rotatable bonds is 5. The summed E-state index contributed by atoms with van der Waals surface area (Å²) in [5, 5.41) is 3.14. The third kappa shape index (κ3) is 3.70. The molecule has 0 saturated heterocycles. The van der Waals surface area contributed by atoms with Gasteiger partial charge in [-0.1, -0.05) is 11.6 Å². The highest BCUT2D eigenvalue weighted by Crippen LogP contribution is 2.26. The minimum atomic E-state index is -0.500. The molecule has 0 aliphatic heterocycles. The topological polar surface area (TPSA) is 78.2 Å². The summed E-state index contributed by atoms with van der Waals surface area (Å²) >= 11 is 6.16. The Labute approximate surface area is 181 Å². The van der Waals surface area contributed by atoms with Gasteiger partial charge < -0.3 is 14.0 Å². The Hall–Kier alpha value is -3.52. The Morgan fingerprint density at radius 3 is 2.32 bits per heavy atom. The second kappa shape index (κ2) is 7.96. The molecule has 7 nitrogen and oxygen atoms in total. The molecule has 9 heteroatoms. The van der Waals surface area contributed by atoms with E-state index in [9.17, 15) is 14.0 Å². The molecule has 0 amide bonds. The van der Waals surface area contributed by atoms with Crippen LogP contribution in [0, 0.1) is 12.7 Å². The Kier molecular flexibility index (Phi) is 5.32. The Morgan fingerprint density at radius 2 is 1.71 bits per heavy atom. The summed E-state index contributed by atoms with van der Waals surface area (Å²) in [7, 11) is 3.09. The molecule has 4 rings (SSSR count). The SMILES string of the molecule is COc1cc(Cn2c(C)c3c(=O)[nH]n(-c4ccc(F)cc4Cl)c3cc2=O)cc(OC)c1. The van der Waals surface area contributed by atoms with Crippen molar-refractivity contribution in [2.24, 2.45) is 0 Å². The van der Waals surface area contributed by atoms with Crippen molar-refractivity contribution in [3.8, 4) is 17.2 Å². The van der Waals surface area contributed by atoms with E-state index in [0.29, 0.717) is 33.8 Å². The third-order valence-corrected chi connectivity index (χ3v) is 5.44. The molecule has 0 unspecified atom stereocenters. The van der Waals surface area contributed by atoms with Crippen LogP contribution < -0.4 is 20.6 Å². The lowest BCUT2D eigenvalue weighted by Gasteiger charge is -2.13. The molecule has 2 aromatic heterocycles. The largest absolute Gasteiger partial charge is 0.497 e. The molecule has 0 fully saturated rings. The summed E-state index contributed by atoms with van der Waals surface area (Å²) in [6.07, 6.45) is 0. The smallest absolute Gasteiger partial charge is 0.274 e. The lowest BCUT2D eigenvalue weighted by molar-refractivity contribution is 0.393. The van der Waals surface area contributed by atoms with Crippen molar-refractivity contribution in [1.29, 1.82) is 0 Å². The fourth-order valence-electron chi connectivity index (χ4n) is 3.62. The number of ether oxygens (including phenoxy) is 2. The molecule has 31 heavy (non-hydrogen) atoms. The van der Waals surface area contributed by atoms with E-state index >= 15 is 0 Å². The van der Waals surface area contributed by atoms with Gasteiger partial charge in [-0.15, -0.1) is 0 Å². The van der Waals surface area contributed by atoms with Crippen LogP contribution in [0.2, 0.25) is 5.02 Å². The number of hydrogen-bond donors (Lipinski definition) is 1. The van der Waals surface area contributed by atoms with E-state index in [-0.39, 0.29) is 22.7 Å². The summed E-state index contributed by atoms with van der Waals surface area (Å²) in [5.41, 5.74) is 1.30. The minimum absolute atomic E-state index is 0.110. The summed E-state index contributed by atoms with van der Waals surface area (Å²) in [4.78, 5) is 25.7. The van der Waals surface area contributed by atoms with Crippen LogP contribution in [0.4, 0.5) is 4.39 Å². The highest BCUT2D eigenvalue weighted by molar-refractivity contribution is 6.32. The average molecular weight is 444 g/mol. The summed E-state index contributed by atoms with van der Waals surface area (Å²) in [6.45, 7) is 1.92. The van der Waals surface area contributed by atoms with Crippen LogP contribution in [0.5, 0.6) is 11.5 Å². The van der Waals surface area contributed by atoms with Crippen LogP contribution in [0.25, 0.3) is 16.6 Å². The zero-order chi connectivity index (χ0) is 22.3. The van der Waals surface area contributed by atoms with E-state index < -0.39 is 5.82 Å². The van der Waals surface area contributed by atoms with Gasteiger partial charge in [0.2, 0.25) is 0 Å². The van der Waals surface area contributed by atoms with E-state index in [0.717, 1.165) is 11.6 Å². The maximum atomic E-state index is 13.4. The number of nitrogens with zero attached hydrogens (tertiary/aromatic N) is 2. The number of methoxy groups -OCH3 is 2. The first-order chi connectivity index (χ1) is 14.8. The van der Waals surface area contributed by atoms with Crippen LogP contribution in [0.15, 0.2) is 52.1 Å². The summed E-state index contributed by atoms with van der Waals surface area (Å²) in [5.74, 6) is 0.687. The van der Waals surface area contributed by atoms with Gasteiger partial charge >= 0.3 is 0 Å². The van der Waals surface area contributed by atoms with Gasteiger partial charge in [0.1, 0.15) is 17.3 Å². The van der Waals surface area contributed by atoms with Crippen molar-refractivity contribution in [2.45, 2.75) is 13.5 Å². The quantitative estimate of drug-likeness (QED) is 0.510. The number of aromatic amines is 1. The molecule has 0 spiro atoms. The van der Waals surface area contributed by atoms with E-state index in [4.69, 9.17) is 21.1 Å². The van der Waals surface area contributed by atoms with Crippen molar-refractivity contribution in [3.63, 3.8) is 0 Å². The Bertz CT molecular complexity index is 1400. The van der Waals surface area contributed by atoms with E-state index in [1.54, 1.807) is 39.3 Å². The molecule has 2 heterocycles. The molecule has 0 atom stereocenters. The number of hydrogen-bond acceptors (Lipinski definition) is 4. The van der Waals surface area contributed by atoms with Crippen LogP contribution in [0.1, 0.15) is 11.3 Å². The molecule has 0 aliphatic rings. The van der Waals surface area contributed by atoms with E-state index in [1.807, 2.05) is 0 Å². The number of benzene rings is 2. The van der Waals surface area contributed by atoms with Gasteiger partial charge in [0.25, 0.3) is 11.1 Å². The lowest BCUT2D eigenvalue weighted by Crippen LogP contribution is -2.23. The second-order valence-corrected chi connectivity index (χ2v) is 7.41.